The first-order chi connectivity index (χ1) is 14.7. The van der Waals surface area contributed by atoms with Crippen LogP contribution in [0.2, 0.25) is 0 Å². The Balaban J connectivity index is 1.44. The number of rotatable bonds is 3. The van der Waals surface area contributed by atoms with Crippen LogP contribution in [0.25, 0.3) is 11.0 Å². The number of amides is 1. The van der Waals surface area contributed by atoms with Crippen LogP contribution >= 0.6 is 0 Å². The van der Waals surface area contributed by atoms with Gasteiger partial charge in [-0.3, -0.25) is 4.79 Å². The maximum absolute atomic E-state index is 14.0. The van der Waals surface area contributed by atoms with Gasteiger partial charge in [-0.15, -0.1) is 0 Å². The van der Waals surface area contributed by atoms with Crippen molar-refractivity contribution in [3.05, 3.63) is 66.0 Å². The second-order valence-electron chi connectivity index (χ2n) is 8.67. The van der Waals surface area contributed by atoms with Crippen molar-refractivity contribution in [2.75, 3.05) is 26.3 Å². The average molecular weight is 404 g/mol. The van der Waals surface area contributed by atoms with E-state index in [9.17, 15) is 4.79 Å². The van der Waals surface area contributed by atoms with Crippen molar-refractivity contribution in [3.63, 3.8) is 0 Å². The smallest absolute Gasteiger partial charge is 0.233 e. The minimum Gasteiger partial charge on any atom is -0.381 e. The lowest BCUT2D eigenvalue weighted by Crippen LogP contribution is -2.52. The van der Waals surface area contributed by atoms with Gasteiger partial charge in [0, 0.05) is 39.3 Å². The summed E-state index contributed by atoms with van der Waals surface area (Å²) in [5, 5.41) is 0. The predicted molar refractivity (Wildman–Crippen MR) is 117 cm³/mol. The second-order valence-corrected chi connectivity index (χ2v) is 8.67. The average Bonchev–Trinajstić information content (AvgIpc) is 3.16. The van der Waals surface area contributed by atoms with Crippen LogP contribution in [0, 0.1) is 0 Å². The largest absolute Gasteiger partial charge is 0.381 e. The Morgan fingerprint density at radius 1 is 1.07 bits per heavy atom. The molecule has 1 atom stereocenters. The summed E-state index contributed by atoms with van der Waals surface area (Å²) < 4.78 is 7.84. The number of nitrogens with zero attached hydrogens (tertiary/aromatic N) is 3. The molecule has 5 heteroatoms. The third kappa shape index (κ3) is 3.21. The molecule has 0 bridgehead atoms. The van der Waals surface area contributed by atoms with E-state index < -0.39 is 5.41 Å². The lowest BCUT2D eigenvalue weighted by atomic mass is 9.72. The molecule has 0 spiro atoms. The molecule has 3 heterocycles. The number of imidazole rings is 1. The van der Waals surface area contributed by atoms with Crippen molar-refractivity contribution < 1.29 is 9.53 Å². The molecule has 2 saturated heterocycles. The number of benzene rings is 2. The normalized spacial score (nSPS) is 21.6. The van der Waals surface area contributed by atoms with Crippen LogP contribution in [0.4, 0.5) is 0 Å². The Hall–Kier alpha value is -2.66. The minimum absolute atomic E-state index is 0.264. The summed E-state index contributed by atoms with van der Waals surface area (Å²) in [5.41, 5.74) is 2.85. The molecule has 0 N–H and O–H groups in total. The number of likely N-dealkylation sites (tertiary alicyclic amines) is 1. The number of para-hydroxylation sites is 2. The topological polar surface area (TPSA) is 47.4 Å². The monoisotopic (exact) mass is 403 g/mol. The van der Waals surface area contributed by atoms with Gasteiger partial charge in [-0.1, -0.05) is 42.5 Å². The molecular weight excluding hydrogens is 374 g/mol. The Kier molecular flexibility index (Phi) is 5.07. The van der Waals surface area contributed by atoms with Crippen LogP contribution in [0.1, 0.15) is 43.0 Å². The number of hydrogen-bond acceptors (Lipinski definition) is 3. The molecular formula is C25H29N3O2. The highest BCUT2D eigenvalue weighted by atomic mass is 16.5. The fourth-order valence-electron chi connectivity index (χ4n) is 5.31. The molecule has 1 amide bonds. The molecule has 0 saturated carbocycles. The van der Waals surface area contributed by atoms with Crippen LogP contribution in [0.3, 0.4) is 0 Å². The zero-order chi connectivity index (χ0) is 20.6. The molecule has 2 fully saturated rings. The number of aryl methyl sites for hydroxylation is 1. The van der Waals surface area contributed by atoms with Gasteiger partial charge in [-0.2, -0.15) is 0 Å². The Morgan fingerprint density at radius 3 is 2.57 bits per heavy atom. The highest BCUT2D eigenvalue weighted by molar-refractivity contribution is 5.88. The lowest BCUT2D eigenvalue weighted by Gasteiger charge is -2.42. The van der Waals surface area contributed by atoms with E-state index in [-0.39, 0.29) is 11.8 Å². The first-order valence-corrected chi connectivity index (χ1v) is 11.0. The van der Waals surface area contributed by atoms with Crippen molar-refractivity contribution in [2.24, 2.45) is 7.05 Å². The quantitative estimate of drug-likeness (QED) is 0.663. The van der Waals surface area contributed by atoms with Gasteiger partial charge in [-0.25, -0.2) is 4.98 Å². The molecule has 2 aliphatic heterocycles. The fraction of sp³-hybridized carbons (Fsp3) is 0.440. The maximum atomic E-state index is 14.0. The number of piperidine rings is 1. The highest BCUT2D eigenvalue weighted by Crippen LogP contribution is 2.39. The van der Waals surface area contributed by atoms with Crippen molar-refractivity contribution in [3.8, 4) is 0 Å². The van der Waals surface area contributed by atoms with Gasteiger partial charge in [-0.05, 0) is 43.4 Å². The SMILES string of the molecule is Cn1c(C2CCCN(C(=O)C3(c4ccccc4)CCOCC3)C2)nc2ccccc21. The summed E-state index contributed by atoms with van der Waals surface area (Å²) in [7, 11) is 2.09. The van der Waals surface area contributed by atoms with Gasteiger partial charge in [0.15, 0.2) is 0 Å². The van der Waals surface area contributed by atoms with Crippen LogP contribution < -0.4 is 0 Å². The summed E-state index contributed by atoms with van der Waals surface area (Å²) in [6, 6.07) is 18.6. The fourth-order valence-corrected chi connectivity index (χ4v) is 5.31. The van der Waals surface area contributed by atoms with Crippen LogP contribution in [0.5, 0.6) is 0 Å². The first-order valence-electron chi connectivity index (χ1n) is 11.0. The molecule has 0 aliphatic carbocycles. The number of carbonyl (C=O) groups excluding carboxylic acids is 1. The molecule has 2 aromatic carbocycles. The lowest BCUT2D eigenvalue weighted by molar-refractivity contribution is -0.142. The van der Waals surface area contributed by atoms with Gasteiger partial charge in [0.2, 0.25) is 5.91 Å². The van der Waals surface area contributed by atoms with Gasteiger partial charge >= 0.3 is 0 Å². The van der Waals surface area contributed by atoms with Crippen LogP contribution in [0.15, 0.2) is 54.6 Å². The first kappa shape index (κ1) is 19.3. The van der Waals surface area contributed by atoms with Crippen molar-refractivity contribution in [2.45, 2.75) is 37.0 Å². The Labute approximate surface area is 177 Å². The molecule has 1 aromatic heterocycles. The third-order valence-electron chi connectivity index (χ3n) is 6.98. The Bertz CT molecular complexity index is 1040. The highest BCUT2D eigenvalue weighted by Gasteiger charge is 2.45. The van der Waals surface area contributed by atoms with Gasteiger partial charge in [0.05, 0.1) is 16.4 Å². The molecule has 0 radical (unpaired) electrons. The number of hydrogen-bond donors (Lipinski definition) is 0. The van der Waals surface area contributed by atoms with E-state index >= 15 is 0 Å². The molecule has 1 unspecified atom stereocenters. The minimum atomic E-state index is -0.465. The van der Waals surface area contributed by atoms with Gasteiger partial charge in [0.1, 0.15) is 5.82 Å². The van der Waals surface area contributed by atoms with E-state index in [0.29, 0.717) is 13.2 Å². The number of aromatic nitrogens is 2. The van der Waals surface area contributed by atoms with Crippen molar-refractivity contribution >= 4 is 16.9 Å². The third-order valence-corrected chi connectivity index (χ3v) is 6.98. The van der Waals surface area contributed by atoms with Gasteiger partial charge in [0.25, 0.3) is 0 Å². The standard InChI is InChI=1S/C25H29N3O2/c1-27-22-12-6-5-11-21(22)26-23(27)19-8-7-15-28(18-19)24(29)25(13-16-30-17-14-25)20-9-3-2-4-10-20/h2-6,9-12,19H,7-8,13-18H2,1H3. The van der Waals surface area contributed by atoms with E-state index in [1.54, 1.807) is 0 Å². The van der Waals surface area contributed by atoms with Crippen molar-refractivity contribution in [1.29, 1.82) is 0 Å². The number of carbonyl (C=O) groups is 1. The van der Waals surface area contributed by atoms with Crippen LogP contribution in [-0.2, 0) is 22.0 Å². The summed E-state index contributed by atoms with van der Waals surface area (Å²) in [6.45, 7) is 2.85. The van der Waals surface area contributed by atoms with Crippen molar-refractivity contribution in [1.82, 2.24) is 14.5 Å². The van der Waals surface area contributed by atoms with Crippen LogP contribution in [-0.4, -0.2) is 46.7 Å². The Morgan fingerprint density at radius 2 is 1.80 bits per heavy atom. The molecule has 5 nitrogen and oxygen atoms in total. The summed E-state index contributed by atoms with van der Waals surface area (Å²) in [5.74, 6) is 1.63. The van der Waals surface area contributed by atoms with E-state index in [0.717, 1.165) is 61.2 Å². The molecule has 5 rings (SSSR count). The predicted octanol–water partition coefficient (Wildman–Crippen LogP) is 4.03. The van der Waals surface area contributed by atoms with E-state index in [1.807, 2.05) is 24.3 Å². The van der Waals surface area contributed by atoms with E-state index in [1.165, 1.54) is 0 Å². The maximum Gasteiger partial charge on any atom is 0.233 e. The summed E-state index contributed by atoms with van der Waals surface area (Å²) in [6.07, 6.45) is 3.59. The van der Waals surface area contributed by atoms with Gasteiger partial charge < -0.3 is 14.2 Å². The zero-order valence-electron chi connectivity index (χ0n) is 17.6. The summed E-state index contributed by atoms with van der Waals surface area (Å²) in [4.78, 5) is 21.0. The van der Waals surface area contributed by atoms with E-state index in [2.05, 4.69) is 46.8 Å². The second kappa shape index (κ2) is 7.88. The molecule has 156 valence electrons. The zero-order valence-corrected chi connectivity index (χ0v) is 17.6. The summed E-state index contributed by atoms with van der Waals surface area (Å²) >= 11 is 0. The molecule has 2 aliphatic rings. The number of fused-ring (bicyclic) bond motifs is 1. The van der Waals surface area contributed by atoms with E-state index in [4.69, 9.17) is 9.72 Å². The number of ether oxygens (including phenoxy) is 1. The molecule has 3 aromatic rings. The molecule has 30 heavy (non-hydrogen) atoms.